The minimum Gasteiger partial charge on any atom is -0.390 e. The van der Waals surface area contributed by atoms with Crippen LogP contribution in [-0.2, 0) is 9.84 Å². The maximum atomic E-state index is 14.2. The number of nitrogens with one attached hydrogen (secondary N) is 1. The molecule has 0 aromatic heterocycles. The van der Waals surface area contributed by atoms with Crippen molar-refractivity contribution < 1.29 is 35.9 Å². The van der Waals surface area contributed by atoms with E-state index in [-0.39, 0.29) is 30.8 Å². The zero-order valence-electron chi connectivity index (χ0n) is 15.8. The van der Waals surface area contributed by atoms with E-state index in [4.69, 9.17) is 11.6 Å². The molecule has 2 atom stereocenters. The summed E-state index contributed by atoms with van der Waals surface area (Å²) in [7, 11) is -4.29. The van der Waals surface area contributed by atoms with Gasteiger partial charge in [-0.05, 0) is 30.7 Å². The highest BCUT2D eigenvalue weighted by atomic mass is 35.5. The Balaban J connectivity index is 1.81. The fraction of sp³-hybridized carbons (Fsp3) is 0.316. The van der Waals surface area contributed by atoms with Crippen LogP contribution in [-0.4, -0.2) is 55.6 Å². The van der Waals surface area contributed by atoms with Gasteiger partial charge < -0.3 is 10.4 Å². The highest BCUT2D eigenvalue weighted by molar-refractivity contribution is 7.91. The predicted octanol–water partition coefficient (Wildman–Crippen LogP) is 3.15. The molecule has 2 aromatic carbocycles. The first-order valence-electron chi connectivity index (χ1n) is 9.00. The quantitative estimate of drug-likeness (QED) is 0.507. The molecule has 2 N–H and O–H groups in total. The fourth-order valence-electron chi connectivity index (χ4n) is 3.10. The molecule has 2 unspecified atom stereocenters. The number of likely N-dealkylation sites (tertiary alicyclic amines) is 1. The second-order valence-corrected chi connectivity index (χ2v) is 9.38. The number of rotatable bonds is 5. The molecule has 1 fully saturated rings. The van der Waals surface area contributed by atoms with Crippen LogP contribution in [0.3, 0.4) is 0 Å². The van der Waals surface area contributed by atoms with E-state index >= 15 is 0 Å². The van der Waals surface area contributed by atoms with Gasteiger partial charge in [0.1, 0.15) is 22.8 Å². The Morgan fingerprint density at radius 1 is 1.19 bits per heavy atom. The molecule has 168 valence electrons. The number of amides is 1. The van der Waals surface area contributed by atoms with Crippen LogP contribution in [0.4, 0.5) is 23.2 Å². The van der Waals surface area contributed by atoms with Crippen molar-refractivity contribution in [3.63, 3.8) is 0 Å². The fourth-order valence-corrected chi connectivity index (χ4v) is 4.83. The number of anilines is 1. The molecule has 1 saturated heterocycles. The summed E-state index contributed by atoms with van der Waals surface area (Å²) in [5.41, 5.74) is -0.457. The normalized spacial score (nSPS) is 19.9. The van der Waals surface area contributed by atoms with Crippen LogP contribution >= 0.6 is 11.6 Å². The lowest BCUT2D eigenvalue weighted by Gasteiger charge is -2.31. The van der Waals surface area contributed by atoms with E-state index in [1.54, 1.807) is 0 Å². The molecule has 1 heterocycles. The van der Waals surface area contributed by atoms with Gasteiger partial charge >= 0.3 is 0 Å². The Morgan fingerprint density at radius 3 is 2.55 bits per heavy atom. The van der Waals surface area contributed by atoms with Crippen LogP contribution in [0.2, 0.25) is 5.02 Å². The third-order valence-electron chi connectivity index (χ3n) is 4.71. The molecular formula is C19H17ClF4N2O4S. The van der Waals surface area contributed by atoms with Gasteiger partial charge in [0.15, 0.2) is 21.5 Å². The zero-order valence-corrected chi connectivity index (χ0v) is 17.4. The topological polar surface area (TPSA) is 86.7 Å². The second kappa shape index (κ2) is 9.11. The Bertz CT molecular complexity index is 1090. The molecule has 0 aliphatic carbocycles. The number of alkyl halides is 1. The van der Waals surface area contributed by atoms with E-state index in [9.17, 15) is 35.9 Å². The molecule has 31 heavy (non-hydrogen) atoms. The minimum absolute atomic E-state index is 0.0262. The first-order chi connectivity index (χ1) is 14.5. The zero-order chi connectivity index (χ0) is 22.9. The number of nitrogens with zero attached hydrogens (tertiary/aromatic N) is 1. The van der Waals surface area contributed by atoms with Crippen molar-refractivity contribution >= 4 is 33.0 Å². The van der Waals surface area contributed by atoms with Crippen molar-refractivity contribution in [3.8, 4) is 0 Å². The number of aliphatic hydroxyl groups is 1. The van der Waals surface area contributed by atoms with E-state index in [0.29, 0.717) is 6.07 Å². The van der Waals surface area contributed by atoms with Gasteiger partial charge in [-0.2, -0.15) is 0 Å². The average Bonchev–Trinajstić information content (AvgIpc) is 2.68. The van der Waals surface area contributed by atoms with E-state index < -0.39 is 61.3 Å². The molecule has 1 aliphatic heterocycles. The maximum Gasteiger partial charge on any atom is 0.255 e. The smallest absolute Gasteiger partial charge is 0.255 e. The van der Waals surface area contributed by atoms with Crippen LogP contribution in [0.5, 0.6) is 0 Å². The Hall–Kier alpha value is -2.21. The number of piperidine rings is 1. The third kappa shape index (κ3) is 5.35. The summed E-state index contributed by atoms with van der Waals surface area (Å²) in [5, 5.41) is 11.1. The number of carbonyl (C=O) groups is 1. The molecule has 1 amide bonds. The molecule has 0 bridgehead atoms. The average molecular weight is 481 g/mol. The van der Waals surface area contributed by atoms with Crippen molar-refractivity contribution in [2.75, 3.05) is 24.3 Å². The van der Waals surface area contributed by atoms with Gasteiger partial charge in [-0.25, -0.2) is 26.0 Å². The summed E-state index contributed by atoms with van der Waals surface area (Å²) in [6.07, 6.45) is -2.79. The summed E-state index contributed by atoms with van der Waals surface area (Å²) in [5.74, 6) is -5.33. The van der Waals surface area contributed by atoms with Gasteiger partial charge in [0.25, 0.3) is 5.91 Å². The van der Waals surface area contributed by atoms with Crippen LogP contribution in [0.1, 0.15) is 16.8 Å². The maximum absolute atomic E-state index is 14.2. The number of hydrogen-bond donors (Lipinski definition) is 2. The van der Waals surface area contributed by atoms with Crippen molar-refractivity contribution in [2.45, 2.75) is 23.6 Å². The number of aliphatic hydroxyl groups excluding tert-OH is 1. The van der Waals surface area contributed by atoms with Crippen molar-refractivity contribution in [3.05, 3.63) is 58.4 Å². The van der Waals surface area contributed by atoms with Crippen LogP contribution in [0.15, 0.2) is 35.2 Å². The number of hydrogen-bond acceptors (Lipinski definition) is 5. The molecule has 2 aromatic rings. The van der Waals surface area contributed by atoms with E-state index in [2.05, 4.69) is 5.32 Å². The van der Waals surface area contributed by atoms with Crippen molar-refractivity contribution in [2.24, 2.45) is 0 Å². The standard InChI is InChI=1S/C19H17ClF4N2O4S/c20-12-6-11(7-14(22)18(12)24)25-19(28)10-1-2-13(21)17(5-10)31(29,30)9-26-4-3-16(27)15(23)8-26/h1-2,5-7,15-16,27H,3-4,8-9H2,(H,25,28). The van der Waals surface area contributed by atoms with Gasteiger partial charge in [-0.1, -0.05) is 11.6 Å². The lowest BCUT2D eigenvalue weighted by atomic mass is 10.1. The summed E-state index contributed by atoms with van der Waals surface area (Å²) >= 11 is 5.52. The Kier molecular flexibility index (Phi) is 6.89. The minimum atomic E-state index is -4.29. The van der Waals surface area contributed by atoms with Crippen LogP contribution in [0, 0.1) is 17.5 Å². The summed E-state index contributed by atoms with van der Waals surface area (Å²) < 4.78 is 80.0. The number of sulfone groups is 1. The SMILES string of the molecule is O=C(Nc1cc(F)c(F)c(Cl)c1)c1ccc(F)c(S(=O)(=O)CN2CCC(O)C(F)C2)c1. The molecule has 0 radical (unpaired) electrons. The summed E-state index contributed by atoms with van der Waals surface area (Å²) in [6, 6.07) is 4.22. The highest BCUT2D eigenvalue weighted by Gasteiger charge is 2.31. The van der Waals surface area contributed by atoms with Crippen LogP contribution < -0.4 is 5.32 Å². The van der Waals surface area contributed by atoms with E-state index in [1.807, 2.05) is 0 Å². The van der Waals surface area contributed by atoms with Gasteiger partial charge in [-0.15, -0.1) is 0 Å². The largest absolute Gasteiger partial charge is 0.390 e. The molecule has 12 heteroatoms. The molecule has 0 saturated carbocycles. The lowest BCUT2D eigenvalue weighted by molar-refractivity contribution is 0.0123. The summed E-state index contributed by atoms with van der Waals surface area (Å²) in [4.78, 5) is 12.9. The first kappa shape index (κ1) is 23.5. The number of benzene rings is 2. The first-order valence-corrected chi connectivity index (χ1v) is 11.0. The number of carbonyl (C=O) groups excluding carboxylic acids is 1. The Morgan fingerprint density at radius 2 is 1.90 bits per heavy atom. The van der Waals surface area contributed by atoms with E-state index in [1.165, 1.54) is 4.90 Å². The van der Waals surface area contributed by atoms with Gasteiger partial charge in [0.2, 0.25) is 0 Å². The molecule has 1 aliphatic rings. The number of halogens is 5. The van der Waals surface area contributed by atoms with Crippen LogP contribution in [0.25, 0.3) is 0 Å². The lowest BCUT2D eigenvalue weighted by Crippen LogP contribution is -2.46. The predicted molar refractivity (Wildman–Crippen MR) is 105 cm³/mol. The second-order valence-electron chi connectivity index (χ2n) is 7.05. The summed E-state index contributed by atoms with van der Waals surface area (Å²) in [6.45, 7) is -0.238. The van der Waals surface area contributed by atoms with Crippen molar-refractivity contribution in [1.29, 1.82) is 0 Å². The molecule has 3 rings (SSSR count). The third-order valence-corrected chi connectivity index (χ3v) is 6.68. The Labute approximate surface area is 180 Å². The molecule has 6 nitrogen and oxygen atoms in total. The van der Waals surface area contributed by atoms with Crippen molar-refractivity contribution in [1.82, 2.24) is 4.90 Å². The highest BCUT2D eigenvalue weighted by Crippen LogP contribution is 2.25. The van der Waals surface area contributed by atoms with Gasteiger partial charge in [-0.3, -0.25) is 9.69 Å². The van der Waals surface area contributed by atoms with Gasteiger partial charge in [0, 0.05) is 30.4 Å². The molecule has 0 spiro atoms. The monoisotopic (exact) mass is 480 g/mol. The van der Waals surface area contributed by atoms with E-state index in [0.717, 1.165) is 24.3 Å². The molecular weight excluding hydrogens is 464 g/mol. The van der Waals surface area contributed by atoms with Gasteiger partial charge in [0.05, 0.1) is 11.1 Å².